The van der Waals surface area contributed by atoms with E-state index < -0.39 is 0 Å². The molecule has 0 unspecified atom stereocenters. The lowest BCUT2D eigenvalue weighted by Gasteiger charge is -2.00. The first kappa shape index (κ1) is 11.3. The van der Waals surface area contributed by atoms with Crippen LogP contribution in [0, 0.1) is 17.0 Å². The summed E-state index contributed by atoms with van der Waals surface area (Å²) in [6.45, 7) is 1.98. The van der Waals surface area contributed by atoms with Crippen molar-refractivity contribution in [3.63, 3.8) is 0 Å². The first-order chi connectivity index (χ1) is 7.58. The van der Waals surface area contributed by atoms with Gasteiger partial charge in [0.25, 0.3) is 5.69 Å². The van der Waals surface area contributed by atoms with Gasteiger partial charge in [0.15, 0.2) is 0 Å². The van der Waals surface area contributed by atoms with E-state index in [0.29, 0.717) is 5.56 Å². The highest BCUT2D eigenvalue weighted by atomic mass is 79.9. The molecule has 82 valence electrons. The van der Waals surface area contributed by atoms with Crippen molar-refractivity contribution in [3.8, 4) is 10.4 Å². The second-order valence-electron chi connectivity index (χ2n) is 3.33. The van der Waals surface area contributed by atoms with Crippen LogP contribution in [-0.4, -0.2) is 4.92 Å². The van der Waals surface area contributed by atoms with E-state index in [1.54, 1.807) is 17.4 Å². The van der Waals surface area contributed by atoms with Crippen LogP contribution in [0.4, 0.5) is 5.69 Å². The van der Waals surface area contributed by atoms with Gasteiger partial charge >= 0.3 is 0 Å². The van der Waals surface area contributed by atoms with E-state index in [1.807, 2.05) is 25.1 Å². The molecule has 0 saturated carbocycles. The van der Waals surface area contributed by atoms with Crippen molar-refractivity contribution in [3.05, 3.63) is 49.8 Å². The van der Waals surface area contributed by atoms with Gasteiger partial charge in [0.2, 0.25) is 0 Å². The molecule has 2 rings (SSSR count). The molecular formula is C11H8BrNO2S. The Morgan fingerprint density at radius 1 is 1.31 bits per heavy atom. The third-order valence-electron chi connectivity index (χ3n) is 2.16. The highest BCUT2D eigenvalue weighted by molar-refractivity contribution is 9.10. The number of nitro benzene ring substituents is 1. The van der Waals surface area contributed by atoms with Crippen molar-refractivity contribution in [2.45, 2.75) is 6.92 Å². The van der Waals surface area contributed by atoms with E-state index in [9.17, 15) is 10.1 Å². The Hall–Kier alpha value is -1.20. The summed E-state index contributed by atoms with van der Waals surface area (Å²) in [6.07, 6.45) is 0. The first-order valence-electron chi connectivity index (χ1n) is 4.58. The van der Waals surface area contributed by atoms with E-state index in [0.717, 1.165) is 14.2 Å². The molecule has 16 heavy (non-hydrogen) atoms. The molecule has 1 aromatic carbocycles. The van der Waals surface area contributed by atoms with Crippen molar-refractivity contribution >= 4 is 33.0 Å². The minimum Gasteiger partial charge on any atom is -0.258 e. The normalized spacial score (nSPS) is 10.4. The number of nitrogens with zero attached hydrogens (tertiary/aromatic N) is 1. The quantitative estimate of drug-likeness (QED) is 0.609. The van der Waals surface area contributed by atoms with E-state index in [4.69, 9.17) is 0 Å². The maximum Gasteiger partial charge on any atom is 0.279 e. The molecular weight excluding hydrogens is 290 g/mol. The lowest BCUT2D eigenvalue weighted by Crippen LogP contribution is -1.90. The Bertz CT molecular complexity index is 551. The molecule has 0 N–H and O–H groups in total. The Balaban J connectivity index is 2.60. The number of hydrogen-bond donors (Lipinski definition) is 0. The Morgan fingerprint density at radius 3 is 2.62 bits per heavy atom. The number of halogens is 1. The minimum atomic E-state index is -0.352. The van der Waals surface area contributed by atoms with Crippen molar-refractivity contribution in [1.82, 2.24) is 0 Å². The molecule has 0 atom stereocenters. The summed E-state index contributed by atoms with van der Waals surface area (Å²) in [6, 6.07) is 9.00. The van der Waals surface area contributed by atoms with Crippen molar-refractivity contribution in [2.75, 3.05) is 0 Å². The number of thiophene rings is 1. The summed E-state index contributed by atoms with van der Waals surface area (Å²) in [5, 5.41) is 10.9. The number of aryl methyl sites for hydroxylation is 1. The van der Waals surface area contributed by atoms with Crippen LogP contribution in [0.5, 0.6) is 0 Å². The van der Waals surface area contributed by atoms with Crippen LogP contribution in [0.1, 0.15) is 4.88 Å². The average Bonchev–Trinajstić information content (AvgIpc) is 2.64. The van der Waals surface area contributed by atoms with Crippen molar-refractivity contribution in [2.24, 2.45) is 0 Å². The van der Waals surface area contributed by atoms with E-state index >= 15 is 0 Å². The summed E-state index contributed by atoms with van der Waals surface area (Å²) in [7, 11) is 0. The van der Waals surface area contributed by atoms with E-state index in [1.165, 1.54) is 6.07 Å². The second-order valence-corrected chi connectivity index (χ2v) is 5.53. The number of hydrogen-bond acceptors (Lipinski definition) is 3. The van der Waals surface area contributed by atoms with Crippen LogP contribution in [0.15, 0.2) is 34.8 Å². The van der Waals surface area contributed by atoms with Crippen LogP contribution in [0.25, 0.3) is 10.4 Å². The van der Waals surface area contributed by atoms with E-state index in [-0.39, 0.29) is 10.6 Å². The van der Waals surface area contributed by atoms with Gasteiger partial charge in [0, 0.05) is 20.3 Å². The van der Waals surface area contributed by atoms with Gasteiger partial charge in [-0.15, -0.1) is 11.3 Å². The predicted octanol–water partition coefficient (Wildman–Crippen LogP) is 4.39. The smallest absolute Gasteiger partial charge is 0.258 e. The standard InChI is InChI=1S/C11H8BrNO2S/c1-7-2-5-11(16-7)9-4-3-8(12)6-10(9)13(14)15/h2-6H,1H3. The predicted molar refractivity (Wildman–Crippen MR) is 68.8 cm³/mol. The number of rotatable bonds is 2. The van der Waals surface area contributed by atoms with Crippen LogP contribution in [0.3, 0.4) is 0 Å². The number of benzene rings is 1. The van der Waals surface area contributed by atoms with Gasteiger partial charge in [-0.2, -0.15) is 0 Å². The minimum absolute atomic E-state index is 0.135. The molecule has 1 heterocycles. The third-order valence-corrected chi connectivity index (χ3v) is 3.69. The third kappa shape index (κ3) is 2.15. The first-order valence-corrected chi connectivity index (χ1v) is 6.19. The van der Waals surface area contributed by atoms with Gasteiger partial charge in [0.1, 0.15) is 0 Å². The highest BCUT2D eigenvalue weighted by Crippen LogP contribution is 2.36. The second kappa shape index (κ2) is 4.35. The zero-order valence-electron chi connectivity index (χ0n) is 8.44. The van der Waals surface area contributed by atoms with Gasteiger partial charge in [-0.05, 0) is 31.2 Å². The summed E-state index contributed by atoms with van der Waals surface area (Å²) >= 11 is 4.80. The fourth-order valence-corrected chi connectivity index (χ4v) is 2.69. The zero-order chi connectivity index (χ0) is 11.7. The van der Waals surface area contributed by atoms with Crippen LogP contribution in [-0.2, 0) is 0 Å². The Labute approximate surface area is 105 Å². The Kier molecular flexibility index (Phi) is 3.07. The largest absolute Gasteiger partial charge is 0.279 e. The van der Waals surface area contributed by atoms with Crippen molar-refractivity contribution < 1.29 is 4.92 Å². The lowest BCUT2D eigenvalue weighted by atomic mass is 10.1. The summed E-state index contributed by atoms with van der Waals surface area (Å²) in [5.74, 6) is 0. The molecule has 0 fully saturated rings. The number of nitro groups is 1. The van der Waals surface area contributed by atoms with Crippen LogP contribution >= 0.6 is 27.3 Å². The average molecular weight is 298 g/mol. The van der Waals surface area contributed by atoms with Gasteiger partial charge in [0.05, 0.1) is 10.5 Å². The van der Waals surface area contributed by atoms with E-state index in [2.05, 4.69) is 15.9 Å². The molecule has 3 nitrogen and oxygen atoms in total. The topological polar surface area (TPSA) is 43.1 Å². The maximum absolute atomic E-state index is 10.9. The Morgan fingerprint density at radius 2 is 2.06 bits per heavy atom. The molecule has 0 amide bonds. The molecule has 0 aliphatic rings. The molecule has 2 aromatic rings. The fourth-order valence-electron chi connectivity index (χ4n) is 1.44. The van der Waals surface area contributed by atoms with Gasteiger partial charge in [-0.25, -0.2) is 0 Å². The molecule has 0 saturated heterocycles. The zero-order valence-corrected chi connectivity index (χ0v) is 10.8. The lowest BCUT2D eigenvalue weighted by molar-refractivity contribution is -0.384. The monoisotopic (exact) mass is 297 g/mol. The molecule has 1 aromatic heterocycles. The van der Waals surface area contributed by atoms with Gasteiger partial charge < -0.3 is 0 Å². The molecule has 0 spiro atoms. The summed E-state index contributed by atoms with van der Waals surface area (Å²) < 4.78 is 0.719. The molecule has 0 aliphatic carbocycles. The summed E-state index contributed by atoms with van der Waals surface area (Å²) in [5.41, 5.74) is 0.808. The SMILES string of the molecule is Cc1ccc(-c2ccc(Br)cc2[N+](=O)[O-])s1. The van der Waals surface area contributed by atoms with Crippen LogP contribution in [0.2, 0.25) is 0 Å². The molecule has 0 aliphatic heterocycles. The molecule has 0 bridgehead atoms. The van der Waals surface area contributed by atoms with Gasteiger partial charge in [-0.1, -0.05) is 15.9 Å². The molecule has 0 radical (unpaired) electrons. The van der Waals surface area contributed by atoms with Gasteiger partial charge in [-0.3, -0.25) is 10.1 Å². The fraction of sp³-hybridized carbons (Fsp3) is 0.0909. The van der Waals surface area contributed by atoms with Crippen molar-refractivity contribution in [1.29, 1.82) is 0 Å². The van der Waals surface area contributed by atoms with Crippen LogP contribution < -0.4 is 0 Å². The maximum atomic E-state index is 10.9. The highest BCUT2D eigenvalue weighted by Gasteiger charge is 2.16. The molecule has 5 heteroatoms. The summed E-state index contributed by atoms with van der Waals surface area (Å²) in [4.78, 5) is 12.7.